The molecule has 0 atom stereocenters. The van der Waals surface area contributed by atoms with Crippen LogP contribution in [0, 0.1) is 5.92 Å². The lowest BCUT2D eigenvalue weighted by atomic mass is 9.84. The molecular weight excluding hydrogens is 302 g/mol. The lowest BCUT2D eigenvalue weighted by Crippen LogP contribution is -2.42. The van der Waals surface area contributed by atoms with Gasteiger partial charge >= 0.3 is 10.1 Å². The maximum Gasteiger partial charge on any atom is 0.306 e. The third-order valence-electron chi connectivity index (χ3n) is 3.92. The molecule has 0 unspecified atom stereocenters. The van der Waals surface area contributed by atoms with E-state index in [1.165, 1.54) is 0 Å². The summed E-state index contributed by atoms with van der Waals surface area (Å²) in [7, 11) is -3.59. The Kier molecular flexibility index (Phi) is 5.11. The summed E-state index contributed by atoms with van der Waals surface area (Å²) < 4.78 is 27.8. The fourth-order valence-electron chi connectivity index (χ4n) is 2.47. The van der Waals surface area contributed by atoms with Crippen LogP contribution in [0.25, 0.3) is 0 Å². The van der Waals surface area contributed by atoms with E-state index in [1.54, 1.807) is 23.1 Å². The Bertz CT molecular complexity index is 635. The number of amides is 1. The highest BCUT2D eigenvalue weighted by molar-refractivity contribution is 7.86. The van der Waals surface area contributed by atoms with Crippen LogP contribution in [0.4, 0.5) is 0 Å². The SMILES string of the molecule is CC(C)N(Cc1ccccc1OS(C)(=O)=O)C(=O)C1CCC1. The molecule has 22 heavy (non-hydrogen) atoms. The highest BCUT2D eigenvalue weighted by Gasteiger charge is 2.31. The largest absolute Gasteiger partial charge is 0.382 e. The number of benzene rings is 1. The summed E-state index contributed by atoms with van der Waals surface area (Å²) in [6, 6.07) is 7.00. The smallest absolute Gasteiger partial charge is 0.306 e. The van der Waals surface area contributed by atoms with Crippen LogP contribution >= 0.6 is 0 Å². The van der Waals surface area contributed by atoms with E-state index in [9.17, 15) is 13.2 Å². The van der Waals surface area contributed by atoms with Crippen LogP contribution in [0.2, 0.25) is 0 Å². The molecular formula is C16H23NO4S. The van der Waals surface area contributed by atoms with E-state index in [0.29, 0.717) is 12.1 Å². The molecule has 1 aliphatic carbocycles. The Morgan fingerprint density at radius 1 is 1.32 bits per heavy atom. The quantitative estimate of drug-likeness (QED) is 0.754. The first-order chi connectivity index (χ1) is 10.3. The molecule has 2 rings (SSSR count). The molecule has 0 bridgehead atoms. The number of carbonyl (C=O) groups is 1. The van der Waals surface area contributed by atoms with Crippen molar-refractivity contribution in [2.45, 2.75) is 45.7 Å². The average Bonchev–Trinajstić information content (AvgIpc) is 2.33. The number of hydrogen-bond acceptors (Lipinski definition) is 4. The van der Waals surface area contributed by atoms with Gasteiger partial charge in [0, 0.05) is 24.1 Å². The molecule has 0 radical (unpaired) electrons. The zero-order chi connectivity index (χ0) is 16.3. The molecule has 1 aliphatic rings. The van der Waals surface area contributed by atoms with Gasteiger partial charge in [-0.3, -0.25) is 4.79 Å². The fourth-order valence-corrected chi connectivity index (χ4v) is 2.96. The molecule has 1 saturated carbocycles. The van der Waals surface area contributed by atoms with Gasteiger partial charge in [-0.25, -0.2) is 0 Å². The van der Waals surface area contributed by atoms with Crippen molar-refractivity contribution >= 4 is 16.0 Å². The summed E-state index contributed by atoms with van der Waals surface area (Å²) in [6.07, 6.45) is 4.02. The first kappa shape index (κ1) is 16.8. The maximum absolute atomic E-state index is 12.5. The van der Waals surface area contributed by atoms with Crippen LogP contribution in [0.3, 0.4) is 0 Å². The zero-order valence-corrected chi connectivity index (χ0v) is 14.1. The molecule has 6 heteroatoms. The topological polar surface area (TPSA) is 63.7 Å². The monoisotopic (exact) mass is 325 g/mol. The van der Waals surface area contributed by atoms with E-state index in [1.807, 2.05) is 19.9 Å². The van der Waals surface area contributed by atoms with Crippen molar-refractivity contribution in [3.63, 3.8) is 0 Å². The predicted molar refractivity (Wildman–Crippen MR) is 84.9 cm³/mol. The molecule has 0 aliphatic heterocycles. The third kappa shape index (κ3) is 4.22. The minimum absolute atomic E-state index is 0.0550. The minimum Gasteiger partial charge on any atom is -0.382 e. The molecule has 1 aromatic rings. The van der Waals surface area contributed by atoms with Crippen molar-refractivity contribution in [2.75, 3.05) is 6.26 Å². The second kappa shape index (κ2) is 6.69. The molecule has 1 fully saturated rings. The van der Waals surface area contributed by atoms with Crippen LogP contribution in [0.5, 0.6) is 5.75 Å². The number of rotatable bonds is 6. The van der Waals surface area contributed by atoms with E-state index >= 15 is 0 Å². The first-order valence-corrected chi connectivity index (χ1v) is 9.37. The van der Waals surface area contributed by atoms with Gasteiger partial charge in [0.15, 0.2) is 0 Å². The van der Waals surface area contributed by atoms with Crippen molar-refractivity contribution in [3.8, 4) is 5.75 Å². The predicted octanol–water partition coefficient (Wildman–Crippen LogP) is 2.56. The minimum atomic E-state index is -3.59. The van der Waals surface area contributed by atoms with Gasteiger partial charge < -0.3 is 9.08 Å². The van der Waals surface area contributed by atoms with Gasteiger partial charge in [0.05, 0.1) is 6.26 Å². The van der Waals surface area contributed by atoms with Gasteiger partial charge in [0.25, 0.3) is 0 Å². The van der Waals surface area contributed by atoms with Gasteiger partial charge in [-0.2, -0.15) is 8.42 Å². The Morgan fingerprint density at radius 3 is 2.45 bits per heavy atom. The van der Waals surface area contributed by atoms with Crippen LogP contribution in [0.15, 0.2) is 24.3 Å². The highest BCUT2D eigenvalue weighted by Crippen LogP contribution is 2.30. The zero-order valence-electron chi connectivity index (χ0n) is 13.3. The number of para-hydroxylation sites is 1. The summed E-state index contributed by atoms with van der Waals surface area (Å²) in [5, 5.41) is 0. The maximum atomic E-state index is 12.5. The second-order valence-corrected chi connectivity index (χ2v) is 7.66. The summed E-state index contributed by atoms with van der Waals surface area (Å²) in [5.74, 6) is 0.554. The van der Waals surface area contributed by atoms with Crippen LogP contribution in [-0.2, 0) is 21.5 Å². The van der Waals surface area contributed by atoms with E-state index in [4.69, 9.17) is 4.18 Å². The van der Waals surface area contributed by atoms with Gasteiger partial charge in [0.1, 0.15) is 5.75 Å². The lowest BCUT2D eigenvalue weighted by Gasteiger charge is -2.34. The summed E-state index contributed by atoms with van der Waals surface area (Å²) in [5.41, 5.74) is 0.703. The van der Waals surface area contributed by atoms with E-state index < -0.39 is 10.1 Å². The standard InChI is InChI=1S/C16H23NO4S/c1-12(2)17(16(18)13-8-6-9-13)11-14-7-4-5-10-15(14)21-22(3,19)20/h4-5,7,10,12-13H,6,8-9,11H2,1-3H3. The van der Waals surface area contributed by atoms with E-state index in [0.717, 1.165) is 25.5 Å². The first-order valence-electron chi connectivity index (χ1n) is 7.56. The Balaban J connectivity index is 2.21. The molecule has 122 valence electrons. The molecule has 0 saturated heterocycles. The van der Waals surface area contributed by atoms with Crippen LogP contribution in [0.1, 0.15) is 38.7 Å². The van der Waals surface area contributed by atoms with Gasteiger partial charge in [-0.1, -0.05) is 24.6 Å². The van der Waals surface area contributed by atoms with Gasteiger partial charge in [-0.05, 0) is 32.8 Å². The van der Waals surface area contributed by atoms with Crippen molar-refractivity contribution in [3.05, 3.63) is 29.8 Å². The Hall–Kier alpha value is -1.56. The van der Waals surface area contributed by atoms with Crippen LogP contribution in [-0.4, -0.2) is 31.5 Å². The lowest BCUT2D eigenvalue weighted by molar-refractivity contribution is -0.140. The molecule has 0 heterocycles. The molecule has 0 N–H and O–H groups in total. The number of carbonyl (C=O) groups excluding carboxylic acids is 1. The van der Waals surface area contributed by atoms with Gasteiger partial charge in [0.2, 0.25) is 5.91 Å². The van der Waals surface area contributed by atoms with E-state index in [-0.39, 0.29) is 23.6 Å². The second-order valence-electron chi connectivity index (χ2n) is 6.08. The fraction of sp³-hybridized carbons (Fsp3) is 0.562. The normalized spacial score (nSPS) is 15.5. The van der Waals surface area contributed by atoms with Crippen LogP contribution < -0.4 is 4.18 Å². The van der Waals surface area contributed by atoms with Crippen molar-refractivity contribution in [1.82, 2.24) is 4.90 Å². The number of nitrogens with zero attached hydrogens (tertiary/aromatic N) is 1. The summed E-state index contributed by atoms with van der Waals surface area (Å²) in [4.78, 5) is 14.3. The molecule has 0 spiro atoms. The Morgan fingerprint density at radius 2 is 1.95 bits per heavy atom. The molecule has 1 amide bonds. The summed E-state index contributed by atoms with van der Waals surface area (Å²) in [6.45, 7) is 4.30. The molecule has 0 aromatic heterocycles. The highest BCUT2D eigenvalue weighted by atomic mass is 32.2. The molecule has 5 nitrogen and oxygen atoms in total. The Labute approximate surface area is 132 Å². The van der Waals surface area contributed by atoms with Crippen molar-refractivity contribution < 1.29 is 17.4 Å². The third-order valence-corrected chi connectivity index (χ3v) is 4.40. The average molecular weight is 325 g/mol. The molecule has 1 aromatic carbocycles. The van der Waals surface area contributed by atoms with Crippen molar-refractivity contribution in [2.24, 2.45) is 5.92 Å². The van der Waals surface area contributed by atoms with E-state index in [2.05, 4.69) is 0 Å². The van der Waals surface area contributed by atoms with Crippen molar-refractivity contribution in [1.29, 1.82) is 0 Å². The van der Waals surface area contributed by atoms with Gasteiger partial charge in [-0.15, -0.1) is 0 Å². The number of hydrogen-bond donors (Lipinski definition) is 0. The summed E-state index contributed by atoms with van der Waals surface area (Å²) >= 11 is 0.